The van der Waals surface area contributed by atoms with E-state index in [0.29, 0.717) is 16.7 Å². The number of nitrogens with zero attached hydrogens (tertiary/aromatic N) is 2. The smallest absolute Gasteiger partial charge is 0.136 e. The van der Waals surface area contributed by atoms with Gasteiger partial charge in [0.1, 0.15) is 28.4 Å². The van der Waals surface area contributed by atoms with E-state index in [9.17, 15) is 10.5 Å². The summed E-state index contributed by atoms with van der Waals surface area (Å²) < 4.78 is 12.3. The first-order valence-corrected chi connectivity index (χ1v) is 13.6. The Labute approximate surface area is 240 Å². The molecule has 0 amide bonds. The van der Waals surface area contributed by atoms with Gasteiger partial charge in [0.05, 0.1) is 17.2 Å². The third kappa shape index (κ3) is 3.60. The molecule has 8 aromatic rings. The van der Waals surface area contributed by atoms with Crippen LogP contribution < -0.4 is 0 Å². The molecule has 0 fully saturated rings. The van der Waals surface area contributed by atoms with Crippen LogP contribution in [0.1, 0.15) is 11.1 Å². The minimum absolute atomic E-state index is 0.577. The molecule has 0 aliphatic carbocycles. The van der Waals surface area contributed by atoms with E-state index >= 15 is 0 Å². The van der Waals surface area contributed by atoms with Crippen LogP contribution in [-0.4, -0.2) is 0 Å². The Balaban J connectivity index is 1.40. The Bertz CT molecular complexity index is 2430. The van der Waals surface area contributed by atoms with E-state index in [0.717, 1.165) is 71.7 Å². The first-order chi connectivity index (χ1) is 20.7. The molecule has 0 radical (unpaired) electrons. The van der Waals surface area contributed by atoms with Crippen molar-refractivity contribution in [3.63, 3.8) is 0 Å². The summed E-state index contributed by atoms with van der Waals surface area (Å²) in [6.45, 7) is 0. The van der Waals surface area contributed by atoms with E-state index in [-0.39, 0.29) is 0 Å². The van der Waals surface area contributed by atoms with Crippen molar-refractivity contribution in [1.29, 1.82) is 10.5 Å². The molecule has 0 saturated heterocycles. The summed E-state index contributed by atoms with van der Waals surface area (Å²) in [6.07, 6.45) is 0. The van der Waals surface area contributed by atoms with Crippen LogP contribution >= 0.6 is 0 Å². The third-order valence-corrected chi connectivity index (χ3v) is 7.97. The van der Waals surface area contributed by atoms with Gasteiger partial charge in [-0.15, -0.1) is 0 Å². The van der Waals surface area contributed by atoms with Crippen LogP contribution in [0.2, 0.25) is 0 Å². The average Bonchev–Trinajstić information content (AvgIpc) is 3.62. The van der Waals surface area contributed by atoms with Crippen LogP contribution in [0.15, 0.2) is 130 Å². The lowest BCUT2D eigenvalue weighted by atomic mass is 9.88. The van der Waals surface area contributed by atoms with Gasteiger partial charge < -0.3 is 8.83 Å². The standard InChI is InChI=1S/C38H20N2O2/c39-21-26-9-6-12-36-38(26)32-17-24(14-16-35(32)41-36)27-18-30(23-7-2-1-3-8-23)33(22-40)31(19-27)25-13-15-29-28-10-4-5-11-34(28)42-37(29)20-25/h1-20H. The molecule has 4 heteroatoms. The second-order valence-electron chi connectivity index (χ2n) is 10.3. The van der Waals surface area contributed by atoms with Crippen molar-refractivity contribution in [2.75, 3.05) is 0 Å². The fraction of sp³-hybridized carbons (Fsp3) is 0. The van der Waals surface area contributed by atoms with E-state index in [1.165, 1.54) is 0 Å². The number of nitriles is 2. The van der Waals surface area contributed by atoms with Gasteiger partial charge in [-0.05, 0) is 76.9 Å². The lowest BCUT2D eigenvalue weighted by Gasteiger charge is -2.14. The largest absolute Gasteiger partial charge is 0.456 e. The topological polar surface area (TPSA) is 73.9 Å². The molecule has 0 unspecified atom stereocenters. The second kappa shape index (κ2) is 9.24. The molecule has 2 heterocycles. The molecule has 0 saturated carbocycles. The maximum Gasteiger partial charge on any atom is 0.136 e. The van der Waals surface area contributed by atoms with Crippen LogP contribution in [0.4, 0.5) is 0 Å². The SMILES string of the molecule is N#Cc1c(-c2ccccc2)cc(-c2ccc3oc4cccc(C#N)c4c3c2)cc1-c1ccc2c(c1)oc1ccccc12. The lowest BCUT2D eigenvalue weighted by Crippen LogP contribution is -1.93. The van der Waals surface area contributed by atoms with Gasteiger partial charge >= 0.3 is 0 Å². The van der Waals surface area contributed by atoms with Crippen LogP contribution in [-0.2, 0) is 0 Å². The number of benzene rings is 6. The van der Waals surface area contributed by atoms with Crippen LogP contribution in [0, 0.1) is 22.7 Å². The highest BCUT2D eigenvalue weighted by Gasteiger charge is 2.18. The fourth-order valence-electron chi connectivity index (χ4n) is 6.00. The predicted octanol–water partition coefficient (Wildman–Crippen LogP) is 10.2. The van der Waals surface area contributed by atoms with Gasteiger partial charge in [0.2, 0.25) is 0 Å². The van der Waals surface area contributed by atoms with Crippen LogP contribution in [0.3, 0.4) is 0 Å². The van der Waals surface area contributed by atoms with Crippen LogP contribution in [0.5, 0.6) is 0 Å². The summed E-state index contributed by atoms with van der Waals surface area (Å²) >= 11 is 0. The van der Waals surface area contributed by atoms with Gasteiger partial charge in [-0.2, -0.15) is 10.5 Å². The molecular formula is C38H20N2O2. The molecule has 6 aromatic carbocycles. The van der Waals surface area contributed by atoms with E-state index in [1.807, 2.05) is 84.9 Å². The van der Waals surface area contributed by atoms with Gasteiger partial charge in [0, 0.05) is 32.7 Å². The average molecular weight is 537 g/mol. The highest BCUT2D eigenvalue weighted by molar-refractivity contribution is 6.09. The molecule has 0 atom stereocenters. The van der Waals surface area contributed by atoms with Gasteiger partial charge in [-0.3, -0.25) is 0 Å². The second-order valence-corrected chi connectivity index (χ2v) is 10.3. The number of hydrogen-bond donors (Lipinski definition) is 0. The third-order valence-electron chi connectivity index (χ3n) is 7.97. The summed E-state index contributed by atoms with van der Waals surface area (Å²) in [4.78, 5) is 0. The Morgan fingerprint density at radius 3 is 1.95 bits per heavy atom. The molecule has 2 aromatic heterocycles. The van der Waals surface area contributed by atoms with Gasteiger partial charge in [0.25, 0.3) is 0 Å². The molecule has 0 bridgehead atoms. The quantitative estimate of drug-likeness (QED) is 0.225. The highest BCUT2D eigenvalue weighted by Crippen LogP contribution is 2.41. The fourth-order valence-corrected chi connectivity index (χ4v) is 6.00. The zero-order valence-corrected chi connectivity index (χ0v) is 22.3. The van der Waals surface area contributed by atoms with Crippen molar-refractivity contribution >= 4 is 43.9 Å². The van der Waals surface area contributed by atoms with Crippen molar-refractivity contribution in [2.45, 2.75) is 0 Å². The van der Waals surface area contributed by atoms with Crippen LogP contribution in [0.25, 0.3) is 77.3 Å². The molecule has 0 aliphatic heterocycles. The zero-order valence-electron chi connectivity index (χ0n) is 22.3. The first-order valence-electron chi connectivity index (χ1n) is 13.6. The highest BCUT2D eigenvalue weighted by atomic mass is 16.3. The minimum atomic E-state index is 0.577. The monoisotopic (exact) mass is 536 g/mol. The molecule has 194 valence electrons. The maximum atomic E-state index is 10.5. The van der Waals surface area contributed by atoms with Gasteiger partial charge in [0.15, 0.2) is 0 Å². The molecule has 42 heavy (non-hydrogen) atoms. The molecule has 0 N–H and O–H groups in total. The first kappa shape index (κ1) is 23.8. The number of rotatable bonds is 3. The molecule has 0 spiro atoms. The predicted molar refractivity (Wildman–Crippen MR) is 167 cm³/mol. The minimum Gasteiger partial charge on any atom is -0.456 e. The van der Waals surface area contributed by atoms with E-state index in [2.05, 4.69) is 48.5 Å². The number of fused-ring (bicyclic) bond motifs is 6. The van der Waals surface area contributed by atoms with Crippen molar-refractivity contribution < 1.29 is 8.83 Å². The number of furan rings is 2. The van der Waals surface area contributed by atoms with E-state index in [1.54, 1.807) is 0 Å². The summed E-state index contributed by atoms with van der Waals surface area (Å²) in [6, 6.07) is 44.7. The van der Waals surface area contributed by atoms with Gasteiger partial charge in [-0.25, -0.2) is 0 Å². The van der Waals surface area contributed by atoms with Gasteiger partial charge in [-0.1, -0.05) is 66.7 Å². The van der Waals surface area contributed by atoms with Crippen molar-refractivity contribution in [3.8, 4) is 45.5 Å². The Kier molecular flexibility index (Phi) is 5.22. The lowest BCUT2D eigenvalue weighted by molar-refractivity contribution is 0.668. The summed E-state index contributed by atoms with van der Waals surface area (Å²) in [7, 11) is 0. The summed E-state index contributed by atoms with van der Waals surface area (Å²) in [5.74, 6) is 0. The Morgan fingerprint density at radius 1 is 0.429 bits per heavy atom. The maximum absolute atomic E-state index is 10.5. The Morgan fingerprint density at radius 2 is 1.12 bits per heavy atom. The van der Waals surface area contributed by atoms with Crippen molar-refractivity contribution in [3.05, 3.63) is 132 Å². The number of hydrogen-bond acceptors (Lipinski definition) is 4. The molecular weight excluding hydrogens is 516 g/mol. The molecule has 4 nitrogen and oxygen atoms in total. The van der Waals surface area contributed by atoms with Crippen molar-refractivity contribution in [1.82, 2.24) is 0 Å². The normalized spacial score (nSPS) is 11.3. The molecule has 0 aliphatic rings. The summed E-state index contributed by atoms with van der Waals surface area (Å²) in [5.41, 5.74) is 9.66. The number of para-hydroxylation sites is 1. The Hall–Kier alpha value is -6.10. The molecule has 8 rings (SSSR count). The van der Waals surface area contributed by atoms with E-state index in [4.69, 9.17) is 8.83 Å². The zero-order chi connectivity index (χ0) is 28.2. The van der Waals surface area contributed by atoms with E-state index < -0.39 is 0 Å². The van der Waals surface area contributed by atoms with Crippen molar-refractivity contribution in [2.24, 2.45) is 0 Å². The summed E-state index contributed by atoms with van der Waals surface area (Å²) in [5, 5.41) is 24.1.